The smallest absolute Gasteiger partial charge is 0.271 e. The highest BCUT2D eigenvalue weighted by atomic mass is 35.5. The Labute approximate surface area is 165 Å². The first-order valence-corrected chi connectivity index (χ1v) is 10.1. The molecule has 144 valence electrons. The number of carbonyl (C=O) groups excluding carboxylic acids is 1. The summed E-state index contributed by atoms with van der Waals surface area (Å²) in [5.41, 5.74) is 0.223. The molecule has 0 saturated heterocycles. The molecule has 27 heavy (non-hydrogen) atoms. The molecule has 1 fully saturated rings. The number of aryl methyl sites for hydroxylation is 1. The van der Waals surface area contributed by atoms with Crippen molar-refractivity contribution in [1.29, 1.82) is 0 Å². The van der Waals surface area contributed by atoms with Gasteiger partial charge in [-0.3, -0.25) is 14.9 Å². The van der Waals surface area contributed by atoms with E-state index in [4.69, 9.17) is 11.6 Å². The predicted octanol–water partition coefficient (Wildman–Crippen LogP) is 4.38. The Kier molecular flexibility index (Phi) is 6.33. The van der Waals surface area contributed by atoms with Crippen LogP contribution in [0.4, 0.5) is 11.4 Å². The number of amides is 1. The molecule has 0 bridgehead atoms. The summed E-state index contributed by atoms with van der Waals surface area (Å²) in [6.45, 7) is 1.93. The van der Waals surface area contributed by atoms with Crippen molar-refractivity contribution >= 4 is 40.6 Å². The topological polar surface area (TPSA) is 103 Å². The normalized spacial score (nSPS) is 14.9. The number of hydrogen-bond donors (Lipinski definition) is 1. The van der Waals surface area contributed by atoms with Crippen molar-refractivity contribution < 1.29 is 9.72 Å². The number of non-ortho nitro benzene ring substituents is 1. The number of halogens is 1. The fourth-order valence-corrected chi connectivity index (χ4v) is 4.32. The Morgan fingerprint density at radius 1 is 1.37 bits per heavy atom. The van der Waals surface area contributed by atoms with Crippen LogP contribution in [0.2, 0.25) is 5.02 Å². The monoisotopic (exact) mass is 409 g/mol. The van der Waals surface area contributed by atoms with Gasteiger partial charge in [0.05, 0.1) is 21.4 Å². The van der Waals surface area contributed by atoms with Crippen LogP contribution in [0.3, 0.4) is 0 Å². The molecular formula is C17H20ClN5O3S. The van der Waals surface area contributed by atoms with Gasteiger partial charge in [0.25, 0.3) is 5.69 Å². The van der Waals surface area contributed by atoms with Crippen LogP contribution in [0.15, 0.2) is 23.4 Å². The summed E-state index contributed by atoms with van der Waals surface area (Å²) >= 11 is 7.34. The van der Waals surface area contributed by atoms with Gasteiger partial charge in [0, 0.05) is 18.2 Å². The maximum atomic E-state index is 12.3. The molecule has 0 unspecified atom stereocenters. The van der Waals surface area contributed by atoms with Crippen LogP contribution in [0.5, 0.6) is 0 Å². The quantitative estimate of drug-likeness (QED) is 0.431. The van der Waals surface area contributed by atoms with E-state index >= 15 is 0 Å². The van der Waals surface area contributed by atoms with Gasteiger partial charge in [-0.1, -0.05) is 42.6 Å². The van der Waals surface area contributed by atoms with Gasteiger partial charge in [-0.25, -0.2) is 0 Å². The SMILES string of the molecule is Cc1nnc(SCC(=O)Nc2ccc([N+](=O)[O-])cc2Cl)n1C1CCCCC1. The molecule has 0 atom stereocenters. The fraction of sp³-hybridized carbons (Fsp3) is 0.471. The summed E-state index contributed by atoms with van der Waals surface area (Å²) in [4.78, 5) is 22.5. The zero-order valence-corrected chi connectivity index (χ0v) is 16.4. The zero-order chi connectivity index (χ0) is 19.4. The second-order valence-electron chi connectivity index (χ2n) is 6.45. The largest absolute Gasteiger partial charge is 0.324 e. The fourth-order valence-electron chi connectivity index (χ4n) is 3.24. The minimum absolute atomic E-state index is 0.122. The molecule has 10 heteroatoms. The molecule has 1 N–H and O–H groups in total. The van der Waals surface area contributed by atoms with Gasteiger partial charge < -0.3 is 9.88 Å². The van der Waals surface area contributed by atoms with E-state index in [9.17, 15) is 14.9 Å². The first-order chi connectivity index (χ1) is 13.0. The van der Waals surface area contributed by atoms with Crippen molar-refractivity contribution in [3.63, 3.8) is 0 Å². The molecule has 1 aromatic heterocycles. The number of anilines is 1. The number of thioether (sulfide) groups is 1. The lowest BCUT2D eigenvalue weighted by molar-refractivity contribution is -0.384. The average Bonchev–Trinajstić information content (AvgIpc) is 3.02. The predicted molar refractivity (Wildman–Crippen MR) is 104 cm³/mol. The summed E-state index contributed by atoms with van der Waals surface area (Å²) < 4.78 is 2.13. The van der Waals surface area contributed by atoms with Gasteiger partial charge in [0.1, 0.15) is 5.82 Å². The van der Waals surface area contributed by atoms with Crippen molar-refractivity contribution in [3.8, 4) is 0 Å². The Hall–Kier alpha value is -2.13. The molecule has 1 aliphatic carbocycles. The molecule has 0 spiro atoms. The minimum Gasteiger partial charge on any atom is -0.324 e. The molecule has 0 radical (unpaired) electrons. The van der Waals surface area contributed by atoms with Gasteiger partial charge in [0.15, 0.2) is 5.16 Å². The summed E-state index contributed by atoms with van der Waals surface area (Å²) in [6.07, 6.45) is 5.88. The molecule has 3 rings (SSSR count). The van der Waals surface area contributed by atoms with E-state index in [1.54, 1.807) is 0 Å². The number of nitro groups is 1. The summed E-state index contributed by atoms with van der Waals surface area (Å²) in [7, 11) is 0. The number of nitrogens with zero attached hydrogens (tertiary/aromatic N) is 4. The van der Waals surface area contributed by atoms with Crippen molar-refractivity contribution in [1.82, 2.24) is 14.8 Å². The molecule has 1 heterocycles. The highest BCUT2D eigenvalue weighted by Gasteiger charge is 2.22. The number of hydrogen-bond acceptors (Lipinski definition) is 6. The molecule has 1 aliphatic rings. The minimum atomic E-state index is -0.534. The van der Waals surface area contributed by atoms with E-state index in [1.807, 2.05) is 6.92 Å². The van der Waals surface area contributed by atoms with E-state index in [2.05, 4.69) is 20.1 Å². The molecule has 1 aromatic carbocycles. The molecule has 1 amide bonds. The van der Waals surface area contributed by atoms with E-state index in [0.29, 0.717) is 11.7 Å². The number of rotatable bonds is 6. The Morgan fingerprint density at radius 3 is 2.78 bits per heavy atom. The van der Waals surface area contributed by atoms with Crippen molar-refractivity contribution in [2.24, 2.45) is 0 Å². The third-order valence-electron chi connectivity index (χ3n) is 4.54. The lowest BCUT2D eigenvalue weighted by Crippen LogP contribution is -2.17. The van der Waals surface area contributed by atoms with Crippen LogP contribution in [-0.2, 0) is 4.79 Å². The highest BCUT2D eigenvalue weighted by molar-refractivity contribution is 7.99. The van der Waals surface area contributed by atoms with Crippen molar-refractivity contribution in [2.45, 2.75) is 50.2 Å². The van der Waals surface area contributed by atoms with Gasteiger partial charge in [-0.15, -0.1) is 10.2 Å². The zero-order valence-electron chi connectivity index (χ0n) is 14.9. The summed E-state index contributed by atoms with van der Waals surface area (Å²) in [6, 6.07) is 4.34. The van der Waals surface area contributed by atoms with E-state index in [0.717, 1.165) is 23.8 Å². The first-order valence-electron chi connectivity index (χ1n) is 8.74. The van der Waals surface area contributed by atoms with Crippen LogP contribution in [0.25, 0.3) is 0 Å². The van der Waals surface area contributed by atoms with Crippen molar-refractivity contribution in [3.05, 3.63) is 39.2 Å². The van der Waals surface area contributed by atoms with E-state index < -0.39 is 4.92 Å². The van der Waals surface area contributed by atoms with Gasteiger partial charge in [-0.2, -0.15) is 0 Å². The number of benzene rings is 1. The molecule has 1 saturated carbocycles. The number of carbonyl (C=O) groups is 1. The molecule has 0 aliphatic heterocycles. The Morgan fingerprint density at radius 2 is 2.11 bits per heavy atom. The summed E-state index contributed by atoms with van der Waals surface area (Å²) in [5.74, 6) is 0.757. The average molecular weight is 410 g/mol. The number of nitrogens with one attached hydrogen (secondary N) is 1. The first kappa shape index (κ1) is 19.6. The lowest BCUT2D eigenvalue weighted by Gasteiger charge is -2.24. The highest BCUT2D eigenvalue weighted by Crippen LogP contribution is 2.32. The van der Waals surface area contributed by atoms with Crippen LogP contribution in [-0.4, -0.2) is 31.3 Å². The Balaban J connectivity index is 1.62. The van der Waals surface area contributed by atoms with Gasteiger partial charge in [0.2, 0.25) is 5.91 Å². The molecule has 2 aromatic rings. The van der Waals surface area contributed by atoms with Crippen molar-refractivity contribution in [2.75, 3.05) is 11.1 Å². The standard InChI is InChI=1S/C17H20ClN5O3S/c1-11-20-21-17(22(11)12-5-3-2-4-6-12)27-10-16(24)19-15-8-7-13(23(25)26)9-14(15)18/h7-9,12H,2-6,10H2,1H3,(H,19,24). The summed E-state index contributed by atoms with van der Waals surface area (Å²) in [5, 5.41) is 22.7. The van der Waals surface area contributed by atoms with E-state index in [-0.39, 0.29) is 22.4 Å². The van der Waals surface area contributed by atoms with Gasteiger partial charge in [-0.05, 0) is 25.8 Å². The third-order valence-corrected chi connectivity index (χ3v) is 5.80. The third kappa shape index (κ3) is 4.78. The Bertz CT molecular complexity index is 851. The second-order valence-corrected chi connectivity index (χ2v) is 7.80. The van der Waals surface area contributed by atoms with Crippen LogP contribution in [0, 0.1) is 17.0 Å². The maximum absolute atomic E-state index is 12.3. The lowest BCUT2D eigenvalue weighted by atomic mass is 9.95. The number of nitro benzene ring substituents is 1. The molecule has 8 nitrogen and oxygen atoms in total. The second kappa shape index (κ2) is 8.71. The number of aromatic nitrogens is 3. The van der Waals surface area contributed by atoms with Crippen LogP contribution < -0.4 is 5.32 Å². The molecular weight excluding hydrogens is 390 g/mol. The van der Waals surface area contributed by atoms with Crippen LogP contribution >= 0.6 is 23.4 Å². The maximum Gasteiger partial charge on any atom is 0.271 e. The van der Waals surface area contributed by atoms with E-state index in [1.165, 1.54) is 49.2 Å². The van der Waals surface area contributed by atoms with Gasteiger partial charge >= 0.3 is 0 Å². The van der Waals surface area contributed by atoms with Crippen LogP contribution in [0.1, 0.15) is 44.0 Å².